The molecule has 3 rings (SSSR count). The summed E-state index contributed by atoms with van der Waals surface area (Å²) in [5.74, 6) is 0.233. The molecule has 0 aromatic heterocycles. The predicted molar refractivity (Wildman–Crippen MR) is 76.1 cm³/mol. The van der Waals surface area contributed by atoms with Crippen LogP contribution < -0.4 is 5.32 Å². The number of allylic oxidation sites excluding steroid dienone is 2. The summed E-state index contributed by atoms with van der Waals surface area (Å²) in [6, 6.07) is 0. The van der Waals surface area contributed by atoms with Crippen LogP contribution in [0.4, 0.5) is 0 Å². The molecule has 1 N–H and O–H groups in total. The Bertz CT molecular complexity index is 374. The van der Waals surface area contributed by atoms with Crippen molar-refractivity contribution in [1.82, 2.24) is 5.32 Å². The van der Waals surface area contributed by atoms with Crippen molar-refractivity contribution in [3.63, 3.8) is 0 Å². The van der Waals surface area contributed by atoms with Crippen LogP contribution in [0.2, 0.25) is 0 Å². The van der Waals surface area contributed by atoms with Gasteiger partial charge in [0, 0.05) is 25.8 Å². The zero-order valence-corrected chi connectivity index (χ0v) is 12.1. The number of hydrogen-bond donors (Lipinski definition) is 1. The van der Waals surface area contributed by atoms with Gasteiger partial charge in [-0.15, -0.1) is 0 Å². The minimum absolute atomic E-state index is 0.0242. The molecular formula is C16H25NO3. The van der Waals surface area contributed by atoms with Gasteiger partial charge in [0.2, 0.25) is 5.91 Å². The van der Waals surface area contributed by atoms with E-state index in [0.717, 1.165) is 25.7 Å². The van der Waals surface area contributed by atoms with Crippen molar-refractivity contribution in [3.8, 4) is 0 Å². The lowest BCUT2D eigenvalue weighted by molar-refractivity contribution is -0.186. The van der Waals surface area contributed by atoms with Crippen molar-refractivity contribution in [3.05, 3.63) is 12.2 Å². The fourth-order valence-corrected chi connectivity index (χ4v) is 3.47. The molecule has 0 aromatic rings. The van der Waals surface area contributed by atoms with E-state index < -0.39 is 0 Å². The number of carbonyl (C=O) groups is 1. The SMILES string of the molecule is O=C(C[C@H]1C=CCC1)NC[C@@H]1COC2(CCCCC2)O1. The third-order valence-corrected chi connectivity index (χ3v) is 4.62. The van der Waals surface area contributed by atoms with E-state index in [1.165, 1.54) is 19.3 Å². The van der Waals surface area contributed by atoms with Crippen molar-refractivity contribution < 1.29 is 14.3 Å². The van der Waals surface area contributed by atoms with Crippen LogP contribution in [0, 0.1) is 5.92 Å². The molecule has 112 valence electrons. The fraction of sp³-hybridized carbons (Fsp3) is 0.812. The standard InChI is InChI=1S/C16H25NO3/c18-15(10-13-6-2-3-7-13)17-11-14-12-19-16(20-14)8-4-1-5-9-16/h2,6,13-14H,1,3-5,7-12H2,(H,17,18)/t13-,14+/m0/s1. The van der Waals surface area contributed by atoms with Gasteiger partial charge in [-0.2, -0.15) is 0 Å². The molecule has 1 saturated heterocycles. The lowest BCUT2D eigenvalue weighted by Crippen LogP contribution is -2.37. The molecule has 1 spiro atoms. The molecule has 0 bridgehead atoms. The molecule has 1 aliphatic heterocycles. The molecule has 1 saturated carbocycles. The smallest absolute Gasteiger partial charge is 0.220 e. The molecule has 0 radical (unpaired) electrons. The Morgan fingerprint density at radius 1 is 1.30 bits per heavy atom. The number of rotatable bonds is 4. The molecule has 0 unspecified atom stereocenters. The number of nitrogens with one attached hydrogen (secondary N) is 1. The molecule has 2 atom stereocenters. The van der Waals surface area contributed by atoms with Gasteiger partial charge >= 0.3 is 0 Å². The maximum Gasteiger partial charge on any atom is 0.220 e. The Balaban J connectivity index is 1.38. The van der Waals surface area contributed by atoms with Crippen molar-refractivity contribution in [2.45, 2.75) is 63.3 Å². The van der Waals surface area contributed by atoms with Crippen LogP contribution in [0.3, 0.4) is 0 Å². The van der Waals surface area contributed by atoms with Gasteiger partial charge in [0.15, 0.2) is 5.79 Å². The van der Waals surface area contributed by atoms with Crippen LogP contribution in [0.15, 0.2) is 12.2 Å². The van der Waals surface area contributed by atoms with Gasteiger partial charge in [0.1, 0.15) is 6.10 Å². The lowest BCUT2D eigenvalue weighted by atomic mass is 9.94. The van der Waals surface area contributed by atoms with Gasteiger partial charge in [-0.3, -0.25) is 4.79 Å². The zero-order chi connectivity index (χ0) is 13.8. The quantitative estimate of drug-likeness (QED) is 0.804. The van der Waals surface area contributed by atoms with Crippen molar-refractivity contribution in [2.24, 2.45) is 5.92 Å². The number of ether oxygens (including phenoxy) is 2. The van der Waals surface area contributed by atoms with Gasteiger partial charge in [0.25, 0.3) is 0 Å². The van der Waals surface area contributed by atoms with E-state index in [9.17, 15) is 4.79 Å². The highest BCUT2D eigenvalue weighted by Gasteiger charge is 2.42. The zero-order valence-electron chi connectivity index (χ0n) is 12.1. The molecule has 0 aromatic carbocycles. The molecule has 1 amide bonds. The third kappa shape index (κ3) is 3.41. The van der Waals surface area contributed by atoms with E-state index in [-0.39, 0.29) is 17.8 Å². The average molecular weight is 279 g/mol. The summed E-state index contributed by atoms with van der Waals surface area (Å²) in [5, 5.41) is 3.00. The van der Waals surface area contributed by atoms with E-state index in [1.54, 1.807) is 0 Å². The largest absolute Gasteiger partial charge is 0.353 e. The number of amides is 1. The highest BCUT2D eigenvalue weighted by Crippen LogP contribution is 2.37. The second-order valence-corrected chi connectivity index (χ2v) is 6.30. The van der Waals surface area contributed by atoms with E-state index in [2.05, 4.69) is 17.5 Å². The fourth-order valence-electron chi connectivity index (χ4n) is 3.47. The average Bonchev–Trinajstić information content (AvgIpc) is 3.08. The number of hydrogen-bond acceptors (Lipinski definition) is 3. The monoisotopic (exact) mass is 279 g/mol. The minimum atomic E-state index is -0.332. The summed E-state index contributed by atoms with van der Waals surface area (Å²) >= 11 is 0. The van der Waals surface area contributed by atoms with E-state index in [1.807, 2.05) is 0 Å². The first-order valence-corrected chi connectivity index (χ1v) is 8.01. The van der Waals surface area contributed by atoms with Crippen molar-refractivity contribution in [2.75, 3.05) is 13.2 Å². The highest BCUT2D eigenvalue weighted by atomic mass is 16.7. The first-order chi connectivity index (χ1) is 9.76. The molecule has 3 aliphatic rings. The summed E-state index contributed by atoms with van der Waals surface area (Å²) in [4.78, 5) is 11.9. The summed E-state index contributed by atoms with van der Waals surface area (Å²) in [6.45, 7) is 1.20. The molecule has 1 heterocycles. The van der Waals surface area contributed by atoms with Gasteiger partial charge in [-0.1, -0.05) is 18.6 Å². The van der Waals surface area contributed by atoms with Crippen LogP contribution >= 0.6 is 0 Å². The first-order valence-electron chi connectivity index (χ1n) is 8.01. The van der Waals surface area contributed by atoms with Crippen LogP contribution in [-0.2, 0) is 14.3 Å². The summed E-state index contributed by atoms with van der Waals surface area (Å²) in [5.41, 5.74) is 0. The Hall–Kier alpha value is -0.870. The van der Waals surface area contributed by atoms with Gasteiger partial charge in [-0.25, -0.2) is 0 Å². The molecule has 4 heteroatoms. The Morgan fingerprint density at radius 2 is 2.15 bits per heavy atom. The molecule has 4 nitrogen and oxygen atoms in total. The van der Waals surface area contributed by atoms with Crippen molar-refractivity contribution >= 4 is 5.91 Å². The Kier molecular flexibility index (Phi) is 4.41. The summed E-state index contributed by atoms with van der Waals surface area (Å²) < 4.78 is 11.9. The predicted octanol–water partition coefficient (Wildman–Crippen LogP) is 2.53. The first kappa shape index (κ1) is 14.1. The summed E-state index contributed by atoms with van der Waals surface area (Å²) in [6.07, 6.45) is 12.8. The third-order valence-electron chi connectivity index (χ3n) is 4.62. The maximum atomic E-state index is 11.9. The van der Waals surface area contributed by atoms with Crippen molar-refractivity contribution in [1.29, 1.82) is 0 Å². The van der Waals surface area contributed by atoms with E-state index in [0.29, 0.717) is 25.5 Å². The topological polar surface area (TPSA) is 47.6 Å². The normalized spacial score (nSPS) is 31.8. The molecular weight excluding hydrogens is 254 g/mol. The molecule has 2 fully saturated rings. The maximum absolute atomic E-state index is 11.9. The molecule has 2 aliphatic carbocycles. The minimum Gasteiger partial charge on any atom is -0.353 e. The summed E-state index contributed by atoms with van der Waals surface area (Å²) in [7, 11) is 0. The Morgan fingerprint density at radius 3 is 2.90 bits per heavy atom. The van der Waals surface area contributed by atoms with Crippen LogP contribution in [0.1, 0.15) is 51.4 Å². The van der Waals surface area contributed by atoms with Crippen LogP contribution in [0.5, 0.6) is 0 Å². The van der Waals surface area contributed by atoms with Gasteiger partial charge < -0.3 is 14.8 Å². The lowest BCUT2D eigenvalue weighted by Gasteiger charge is -2.31. The van der Waals surface area contributed by atoms with Gasteiger partial charge in [0.05, 0.1) is 6.61 Å². The van der Waals surface area contributed by atoms with Gasteiger partial charge in [-0.05, 0) is 31.6 Å². The second kappa shape index (κ2) is 6.27. The van der Waals surface area contributed by atoms with Crippen LogP contribution in [-0.4, -0.2) is 30.9 Å². The van der Waals surface area contributed by atoms with E-state index in [4.69, 9.17) is 9.47 Å². The molecule has 20 heavy (non-hydrogen) atoms. The van der Waals surface area contributed by atoms with Crippen LogP contribution in [0.25, 0.3) is 0 Å². The van der Waals surface area contributed by atoms with E-state index >= 15 is 0 Å². The Labute approximate surface area is 120 Å². The highest BCUT2D eigenvalue weighted by molar-refractivity contribution is 5.76. The number of carbonyl (C=O) groups excluding carboxylic acids is 1. The second-order valence-electron chi connectivity index (χ2n) is 6.30.